The second-order valence-corrected chi connectivity index (χ2v) is 5.97. The first-order chi connectivity index (χ1) is 8.63. The summed E-state index contributed by atoms with van der Waals surface area (Å²) in [5.41, 5.74) is 4.29. The molecule has 2 rings (SSSR count). The van der Waals surface area contributed by atoms with Crippen LogP contribution in [0.25, 0.3) is 0 Å². The monoisotopic (exact) mass is 245 g/mol. The minimum atomic E-state index is 0.539. The molecule has 1 heteroatoms. The van der Waals surface area contributed by atoms with E-state index in [1.165, 1.54) is 36.0 Å². The van der Waals surface area contributed by atoms with Crippen molar-refractivity contribution in [2.24, 2.45) is 11.8 Å². The normalized spacial score (nSPS) is 18.7. The van der Waals surface area contributed by atoms with E-state index in [0.717, 1.165) is 18.4 Å². The third kappa shape index (κ3) is 3.14. The average molecular weight is 245 g/mol. The lowest BCUT2D eigenvalue weighted by molar-refractivity contribution is 0.349. The fourth-order valence-electron chi connectivity index (χ4n) is 2.76. The van der Waals surface area contributed by atoms with Crippen LogP contribution < -0.4 is 5.32 Å². The molecule has 1 aromatic carbocycles. The van der Waals surface area contributed by atoms with Crippen LogP contribution in [0.15, 0.2) is 18.2 Å². The average Bonchev–Trinajstić information content (AvgIpc) is 3.18. The van der Waals surface area contributed by atoms with Crippen LogP contribution >= 0.6 is 0 Å². The van der Waals surface area contributed by atoms with Crippen LogP contribution in [0.4, 0.5) is 0 Å². The van der Waals surface area contributed by atoms with Gasteiger partial charge in [-0.1, -0.05) is 32.0 Å². The van der Waals surface area contributed by atoms with Gasteiger partial charge in [0.15, 0.2) is 0 Å². The zero-order valence-corrected chi connectivity index (χ0v) is 12.3. The largest absolute Gasteiger partial charge is 0.310 e. The Morgan fingerprint density at radius 2 is 1.94 bits per heavy atom. The Hall–Kier alpha value is -0.820. The van der Waals surface area contributed by atoms with Crippen molar-refractivity contribution in [3.8, 4) is 0 Å². The van der Waals surface area contributed by atoms with Gasteiger partial charge in [-0.15, -0.1) is 0 Å². The second kappa shape index (κ2) is 5.88. The molecule has 1 aliphatic carbocycles. The Balaban J connectivity index is 2.17. The van der Waals surface area contributed by atoms with Gasteiger partial charge in [-0.05, 0) is 68.2 Å². The third-order valence-corrected chi connectivity index (χ3v) is 4.40. The number of rotatable bonds is 6. The second-order valence-electron chi connectivity index (χ2n) is 5.97. The lowest BCUT2D eigenvalue weighted by Crippen LogP contribution is -2.28. The molecule has 1 saturated carbocycles. The Bertz CT molecular complexity index is 393. The van der Waals surface area contributed by atoms with Gasteiger partial charge in [0.05, 0.1) is 0 Å². The van der Waals surface area contributed by atoms with Crippen molar-refractivity contribution in [1.29, 1.82) is 0 Å². The van der Waals surface area contributed by atoms with E-state index in [4.69, 9.17) is 0 Å². The van der Waals surface area contributed by atoms with E-state index in [-0.39, 0.29) is 0 Å². The van der Waals surface area contributed by atoms with Crippen molar-refractivity contribution < 1.29 is 0 Å². The van der Waals surface area contributed by atoms with Crippen LogP contribution in [0.1, 0.15) is 55.8 Å². The molecule has 2 unspecified atom stereocenters. The van der Waals surface area contributed by atoms with Gasteiger partial charge in [0, 0.05) is 6.04 Å². The van der Waals surface area contributed by atoms with Gasteiger partial charge in [0.2, 0.25) is 0 Å². The highest BCUT2D eigenvalue weighted by atomic mass is 14.9. The van der Waals surface area contributed by atoms with Gasteiger partial charge in [-0.25, -0.2) is 0 Å². The Morgan fingerprint density at radius 1 is 1.22 bits per heavy atom. The maximum absolute atomic E-state index is 3.75. The molecule has 0 amide bonds. The van der Waals surface area contributed by atoms with Crippen molar-refractivity contribution in [2.75, 3.05) is 6.54 Å². The van der Waals surface area contributed by atoms with E-state index in [1.54, 1.807) is 0 Å². The SMILES string of the molecule is CCCNC(c1ccc(C)c(C)c1)C(C)C1CC1. The molecule has 0 heterocycles. The first-order valence-corrected chi connectivity index (χ1v) is 7.44. The van der Waals surface area contributed by atoms with Gasteiger partial charge in [-0.2, -0.15) is 0 Å². The molecule has 0 aromatic heterocycles. The van der Waals surface area contributed by atoms with Crippen LogP contribution in [0.3, 0.4) is 0 Å². The van der Waals surface area contributed by atoms with Gasteiger partial charge in [-0.3, -0.25) is 0 Å². The number of aryl methyl sites for hydroxylation is 2. The molecule has 0 radical (unpaired) electrons. The standard InChI is InChI=1S/C17H27N/c1-5-10-18-17(14(4)15-8-9-15)16-7-6-12(2)13(3)11-16/h6-7,11,14-15,17-18H,5,8-10H2,1-4H3. The summed E-state index contributed by atoms with van der Waals surface area (Å²) < 4.78 is 0. The van der Waals surface area contributed by atoms with Gasteiger partial charge in [0.25, 0.3) is 0 Å². The molecule has 1 nitrogen and oxygen atoms in total. The van der Waals surface area contributed by atoms with Crippen LogP contribution in [-0.2, 0) is 0 Å². The predicted octanol–water partition coefficient (Wildman–Crippen LogP) is 4.39. The molecule has 18 heavy (non-hydrogen) atoms. The molecule has 0 aliphatic heterocycles. The van der Waals surface area contributed by atoms with E-state index >= 15 is 0 Å². The topological polar surface area (TPSA) is 12.0 Å². The summed E-state index contributed by atoms with van der Waals surface area (Å²) in [7, 11) is 0. The Morgan fingerprint density at radius 3 is 2.50 bits per heavy atom. The van der Waals surface area contributed by atoms with Gasteiger partial charge < -0.3 is 5.32 Å². The molecule has 1 N–H and O–H groups in total. The summed E-state index contributed by atoms with van der Waals surface area (Å²) in [6, 6.07) is 7.50. The molecule has 2 atom stereocenters. The number of hydrogen-bond donors (Lipinski definition) is 1. The summed E-state index contributed by atoms with van der Waals surface area (Å²) in [6.07, 6.45) is 4.06. The highest BCUT2D eigenvalue weighted by molar-refractivity contribution is 5.32. The zero-order chi connectivity index (χ0) is 13.1. The van der Waals surface area contributed by atoms with Gasteiger partial charge in [0.1, 0.15) is 0 Å². The molecule has 0 saturated heterocycles. The van der Waals surface area contributed by atoms with Crippen molar-refractivity contribution in [2.45, 2.75) is 53.0 Å². The number of nitrogens with one attached hydrogen (secondary N) is 1. The summed E-state index contributed by atoms with van der Waals surface area (Å²) in [5.74, 6) is 1.71. The summed E-state index contributed by atoms with van der Waals surface area (Å²) >= 11 is 0. The molecule has 0 bridgehead atoms. The molecular weight excluding hydrogens is 218 g/mol. The molecular formula is C17H27N. The van der Waals surface area contributed by atoms with E-state index in [0.29, 0.717) is 6.04 Å². The smallest absolute Gasteiger partial charge is 0.0348 e. The van der Waals surface area contributed by atoms with E-state index < -0.39 is 0 Å². The highest BCUT2D eigenvalue weighted by Gasteiger charge is 2.33. The summed E-state index contributed by atoms with van der Waals surface area (Å²) in [4.78, 5) is 0. The van der Waals surface area contributed by atoms with E-state index in [9.17, 15) is 0 Å². The fraction of sp³-hybridized carbons (Fsp3) is 0.647. The van der Waals surface area contributed by atoms with Crippen molar-refractivity contribution in [3.63, 3.8) is 0 Å². The molecule has 0 spiro atoms. The van der Waals surface area contributed by atoms with Crippen LogP contribution in [0.5, 0.6) is 0 Å². The predicted molar refractivity (Wildman–Crippen MR) is 78.8 cm³/mol. The van der Waals surface area contributed by atoms with E-state index in [2.05, 4.69) is 51.2 Å². The minimum Gasteiger partial charge on any atom is -0.310 e. The number of benzene rings is 1. The van der Waals surface area contributed by atoms with Gasteiger partial charge >= 0.3 is 0 Å². The molecule has 1 aliphatic rings. The lowest BCUT2D eigenvalue weighted by Gasteiger charge is -2.26. The molecule has 100 valence electrons. The Kier molecular flexibility index (Phi) is 4.45. The summed E-state index contributed by atoms with van der Waals surface area (Å²) in [6.45, 7) is 10.2. The maximum Gasteiger partial charge on any atom is 0.0348 e. The molecule has 1 fully saturated rings. The molecule has 1 aromatic rings. The maximum atomic E-state index is 3.75. The van der Waals surface area contributed by atoms with Crippen molar-refractivity contribution >= 4 is 0 Å². The van der Waals surface area contributed by atoms with Crippen LogP contribution in [0.2, 0.25) is 0 Å². The fourth-order valence-corrected chi connectivity index (χ4v) is 2.76. The van der Waals surface area contributed by atoms with E-state index in [1.807, 2.05) is 0 Å². The number of hydrogen-bond acceptors (Lipinski definition) is 1. The highest BCUT2D eigenvalue weighted by Crippen LogP contribution is 2.42. The summed E-state index contributed by atoms with van der Waals surface area (Å²) in [5, 5.41) is 3.75. The van der Waals surface area contributed by atoms with Crippen molar-refractivity contribution in [1.82, 2.24) is 5.32 Å². The van der Waals surface area contributed by atoms with Crippen molar-refractivity contribution in [3.05, 3.63) is 34.9 Å². The van der Waals surface area contributed by atoms with Crippen LogP contribution in [-0.4, -0.2) is 6.54 Å². The first-order valence-electron chi connectivity index (χ1n) is 7.44. The van der Waals surface area contributed by atoms with Crippen LogP contribution in [0, 0.1) is 25.7 Å². The Labute approximate surface area is 112 Å². The quantitative estimate of drug-likeness (QED) is 0.783. The third-order valence-electron chi connectivity index (χ3n) is 4.40. The lowest BCUT2D eigenvalue weighted by atomic mass is 9.89. The zero-order valence-electron chi connectivity index (χ0n) is 12.3. The first kappa shape index (κ1) is 13.6. The minimum absolute atomic E-state index is 0.539.